The van der Waals surface area contributed by atoms with Crippen molar-refractivity contribution in [2.75, 3.05) is 5.73 Å². The molecule has 1 amide bonds. The Morgan fingerprint density at radius 2 is 2.15 bits per heavy atom. The lowest BCUT2D eigenvalue weighted by Gasteiger charge is -2.21. The summed E-state index contributed by atoms with van der Waals surface area (Å²) < 4.78 is 0. The van der Waals surface area contributed by atoms with Crippen molar-refractivity contribution in [3.8, 4) is 0 Å². The highest BCUT2D eigenvalue weighted by atomic mass is 35.5. The molecular formula is C14H16ClN3OS. The molecule has 0 spiro atoms. The summed E-state index contributed by atoms with van der Waals surface area (Å²) in [5.41, 5.74) is 5.76. The van der Waals surface area contributed by atoms with Crippen LogP contribution in [0.4, 0.5) is 5.82 Å². The first-order chi connectivity index (χ1) is 9.49. The molecule has 0 radical (unpaired) electrons. The van der Waals surface area contributed by atoms with Gasteiger partial charge in [0.2, 0.25) is 0 Å². The van der Waals surface area contributed by atoms with Crippen molar-refractivity contribution in [3.05, 3.63) is 45.2 Å². The van der Waals surface area contributed by atoms with Gasteiger partial charge in [-0.05, 0) is 29.5 Å². The molecule has 2 aromatic heterocycles. The van der Waals surface area contributed by atoms with Gasteiger partial charge in [-0.2, -0.15) is 0 Å². The summed E-state index contributed by atoms with van der Waals surface area (Å²) in [5.74, 6) is 0.226. The molecule has 20 heavy (non-hydrogen) atoms. The van der Waals surface area contributed by atoms with Gasteiger partial charge in [0, 0.05) is 4.88 Å². The Balaban J connectivity index is 2.23. The van der Waals surface area contributed by atoms with Crippen molar-refractivity contribution in [3.63, 3.8) is 0 Å². The number of halogens is 1. The molecule has 3 N–H and O–H groups in total. The van der Waals surface area contributed by atoms with E-state index in [9.17, 15) is 4.79 Å². The monoisotopic (exact) mass is 309 g/mol. The zero-order chi connectivity index (χ0) is 14.7. The SMILES string of the molecule is CC(C)C(NC(=O)c1nc(N)ccc1Cl)c1cccs1. The number of nitrogens with one attached hydrogen (secondary N) is 1. The number of anilines is 1. The number of pyridine rings is 1. The van der Waals surface area contributed by atoms with Crippen molar-refractivity contribution in [2.24, 2.45) is 5.92 Å². The Labute approximate surface area is 127 Å². The molecule has 0 aliphatic carbocycles. The Bertz CT molecular complexity index is 598. The Morgan fingerprint density at radius 3 is 2.75 bits per heavy atom. The van der Waals surface area contributed by atoms with E-state index in [0.717, 1.165) is 4.88 Å². The Kier molecular flexibility index (Phi) is 4.62. The molecule has 0 aromatic carbocycles. The van der Waals surface area contributed by atoms with Crippen LogP contribution in [0.25, 0.3) is 0 Å². The van der Waals surface area contributed by atoms with E-state index in [4.69, 9.17) is 17.3 Å². The zero-order valence-electron chi connectivity index (χ0n) is 11.3. The van der Waals surface area contributed by atoms with E-state index in [1.54, 1.807) is 23.5 Å². The first kappa shape index (κ1) is 14.8. The lowest BCUT2D eigenvalue weighted by molar-refractivity contribution is 0.0922. The molecule has 2 heterocycles. The lowest BCUT2D eigenvalue weighted by Crippen LogP contribution is -2.32. The van der Waals surface area contributed by atoms with Gasteiger partial charge >= 0.3 is 0 Å². The second-order valence-electron chi connectivity index (χ2n) is 4.78. The first-order valence-electron chi connectivity index (χ1n) is 6.25. The van der Waals surface area contributed by atoms with Crippen LogP contribution in [0.15, 0.2) is 29.6 Å². The van der Waals surface area contributed by atoms with Gasteiger partial charge in [0.1, 0.15) is 11.5 Å². The third kappa shape index (κ3) is 3.29. The van der Waals surface area contributed by atoms with E-state index in [2.05, 4.69) is 24.1 Å². The highest BCUT2D eigenvalue weighted by molar-refractivity contribution is 7.10. The molecule has 0 aliphatic rings. The third-order valence-corrected chi connectivity index (χ3v) is 4.15. The predicted molar refractivity (Wildman–Crippen MR) is 83.0 cm³/mol. The number of rotatable bonds is 4. The molecule has 106 valence electrons. The van der Waals surface area contributed by atoms with Gasteiger partial charge in [0.05, 0.1) is 11.1 Å². The van der Waals surface area contributed by atoms with Gasteiger partial charge < -0.3 is 11.1 Å². The van der Waals surface area contributed by atoms with E-state index < -0.39 is 0 Å². The summed E-state index contributed by atoms with van der Waals surface area (Å²) in [7, 11) is 0. The first-order valence-corrected chi connectivity index (χ1v) is 7.51. The number of carbonyl (C=O) groups excluding carboxylic acids is 1. The van der Waals surface area contributed by atoms with Gasteiger partial charge in [-0.1, -0.05) is 31.5 Å². The third-order valence-electron chi connectivity index (χ3n) is 2.89. The summed E-state index contributed by atoms with van der Waals surface area (Å²) in [6, 6.07) is 7.05. The molecule has 6 heteroatoms. The van der Waals surface area contributed by atoms with Crippen LogP contribution in [-0.2, 0) is 0 Å². The van der Waals surface area contributed by atoms with Crippen molar-refractivity contribution < 1.29 is 4.79 Å². The van der Waals surface area contributed by atoms with Crippen molar-refractivity contribution in [1.82, 2.24) is 10.3 Å². The fourth-order valence-electron chi connectivity index (χ4n) is 1.86. The average molecular weight is 310 g/mol. The number of hydrogen-bond acceptors (Lipinski definition) is 4. The molecule has 1 unspecified atom stereocenters. The quantitative estimate of drug-likeness (QED) is 0.908. The molecule has 1 atom stereocenters. The molecule has 4 nitrogen and oxygen atoms in total. The minimum Gasteiger partial charge on any atom is -0.384 e. The maximum atomic E-state index is 12.3. The number of nitrogens with two attached hydrogens (primary N) is 1. The number of nitrogen functional groups attached to an aromatic ring is 1. The number of thiophene rings is 1. The van der Waals surface area contributed by atoms with Crippen molar-refractivity contribution >= 4 is 34.7 Å². The van der Waals surface area contributed by atoms with Crippen LogP contribution in [-0.4, -0.2) is 10.9 Å². The minimum absolute atomic E-state index is 0.0678. The number of nitrogens with zero attached hydrogens (tertiary/aromatic N) is 1. The van der Waals surface area contributed by atoms with Crippen LogP contribution in [0.3, 0.4) is 0 Å². The summed E-state index contributed by atoms with van der Waals surface area (Å²) in [5, 5.41) is 5.26. The van der Waals surface area contributed by atoms with Crippen LogP contribution >= 0.6 is 22.9 Å². The second kappa shape index (κ2) is 6.24. The zero-order valence-corrected chi connectivity index (χ0v) is 12.8. The fourth-order valence-corrected chi connectivity index (χ4v) is 3.00. The van der Waals surface area contributed by atoms with Gasteiger partial charge in [0.25, 0.3) is 5.91 Å². The molecule has 0 bridgehead atoms. The Morgan fingerprint density at radius 1 is 1.40 bits per heavy atom. The lowest BCUT2D eigenvalue weighted by atomic mass is 10.0. The normalized spacial score (nSPS) is 12.4. The topological polar surface area (TPSA) is 68.0 Å². The number of carbonyl (C=O) groups is 1. The molecule has 2 rings (SSSR count). The highest BCUT2D eigenvalue weighted by Gasteiger charge is 2.22. The molecular weight excluding hydrogens is 294 g/mol. The smallest absolute Gasteiger partial charge is 0.272 e. The number of aromatic nitrogens is 1. The van der Waals surface area contributed by atoms with Crippen LogP contribution in [0.1, 0.15) is 35.3 Å². The predicted octanol–water partition coefficient (Wildman–Crippen LogP) is 3.51. The number of hydrogen-bond donors (Lipinski definition) is 2. The van der Waals surface area contributed by atoms with E-state index in [1.807, 2.05) is 17.5 Å². The maximum absolute atomic E-state index is 12.3. The van der Waals surface area contributed by atoms with Crippen LogP contribution in [0.2, 0.25) is 5.02 Å². The molecule has 0 saturated heterocycles. The van der Waals surface area contributed by atoms with Crippen molar-refractivity contribution in [1.29, 1.82) is 0 Å². The van der Waals surface area contributed by atoms with Gasteiger partial charge in [0.15, 0.2) is 0 Å². The molecule has 0 saturated carbocycles. The van der Waals surface area contributed by atoms with E-state index in [1.165, 1.54) is 0 Å². The van der Waals surface area contributed by atoms with Gasteiger partial charge in [-0.15, -0.1) is 11.3 Å². The average Bonchev–Trinajstić information content (AvgIpc) is 2.91. The molecule has 0 aliphatic heterocycles. The van der Waals surface area contributed by atoms with Crippen LogP contribution < -0.4 is 11.1 Å². The summed E-state index contributed by atoms with van der Waals surface area (Å²) in [4.78, 5) is 17.4. The summed E-state index contributed by atoms with van der Waals surface area (Å²) in [6.07, 6.45) is 0. The van der Waals surface area contributed by atoms with Gasteiger partial charge in [-0.25, -0.2) is 4.98 Å². The van der Waals surface area contributed by atoms with E-state index in [0.29, 0.717) is 5.02 Å². The van der Waals surface area contributed by atoms with E-state index in [-0.39, 0.29) is 29.4 Å². The van der Waals surface area contributed by atoms with Crippen molar-refractivity contribution in [2.45, 2.75) is 19.9 Å². The van der Waals surface area contributed by atoms with Crippen LogP contribution in [0.5, 0.6) is 0 Å². The fraction of sp³-hybridized carbons (Fsp3) is 0.286. The Hall–Kier alpha value is -1.59. The van der Waals surface area contributed by atoms with E-state index >= 15 is 0 Å². The van der Waals surface area contributed by atoms with Gasteiger partial charge in [-0.3, -0.25) is 4.79 Å². The summed E-state index contributed by atoms with van der Waals surface area (Å²) >= 11 is 7.61. The largest absolute Gasteiger partial charge is 0.384 e. The highest BCUT2D eigenvalue weighted by Crippen LogP contribution is 2.26. The van der Waals surface area contributed by atoms with Crippen LogP contribution in [0, 0.1) is 5.92 Å². The molecule has 0 fully saturated rings. The minimum atomic E-state index is -0.311. The molecule has 2 aromatic rings. The second-order valence-corrected chi connectivity index (χ2v) is 6.16. The summed E-state index contributed by atoms with van der Waals surface area (Å²) in [6.45, 7) is 4.11. The standard InChI is InChI=1S/C14H16ClN3OS/c1-8(2)12(10-4-3-7-20-10)18-14(19)13-9(15)5-6-11(16)17-13/h3-8,12H,1-2H3,(H2,16,17)(H,18,19). The maximum Gasteiger partial charge on any atom is 0.272 e. The number of amides is 1.